The maximum absolute atomic E-state index is 9.31. The fourth-order valence-electron chi connectivity index (χ4n) is 6.36. The number of hydrogen-bond donors (Lipinski definition) is 1. The van der Waals surface area contributed by atoms with Crippen LogP contribution in [0.2, 0.25) is 0 Å². The minimum Gasteiger partial charge on any atom is -0.390 e. The van der Waals surface area contributed by atoms with Gasteiger partial charge in [0.2, 0.25) is 5.69 Å². The lowest BCUT2D eigenvalue weighted by atomic mass is 9.72. The van der Waals surface area contributed by atoms with Crippen molar-refractivity contribution in [2.24, 2.45) is 10.8 Å². The Balaban J connectivity index is 0.00000100. The maximum Gasteiger partial charge on any atom is 0.206 e. The first kappa shape index (κ1) is 46.8. The predicted molar refractivity (Wildman–Crippen MR) is 226 cm³/mol. The molecular weight excluding hydrogens is 607 g/mol. The average Bonchev–Trinajstić information content (AvgIpc) is 3.06. The first-order valence-electron chi connectivity index (χ1n) is 19.3. The van der Waals surface area contributed by atoms with Crippen LogP contribution in [-0.4, -0.2) is 11.7 Å². The molecule has 0 atom stereocenters. The summed E-state index contributed by atoms with van der Waals surface area (Å²) in [7, 11) is 0. The van der Waals surface area contributed by atoms with E-state index in [-0.39, 0.29) is 12.0 Å². The second-order valence-electron chi connectivity index (χ2n) is 14.9. The molecule has 1 aromatic rings. The second kappa shape index (κ2) is 24.8. The van der Waals surface area contributed by atoms with Gasteiger partial charge in [0.25, 0.3) is 0 Å². The highest BCUT2D eigenvalue weighted by Gasteiger charge is 2.27. The number of aromatic nitrogens is 1. The number of hydrogen-bond acceptors (Lipinski definition) is 1. The van der Waals surface area contributed by atoms with Gasteiger partial charge in [-0.15, -0.1) is 0 Å². The molecule has 3 rings (SSSR count). The van der Waals surface area contributed by atoms with Crippen LogP contribution in [0.3, 0.4) is 0 Å². The van der Waals surface area contributed by atoms with E-state index in [0.717, 1.165) is 16.8 Å². The van der Waals surface area contributed by atoms with Crippen molar-refractivity contribution >= 4 is 12.2 Å². The summed E-state index contributed by atoms with van der Waals surface area (Å²) in [6.07, 6.45) is 32.6. The van der Waals surface area contributed by atoms with Gasteiger partial charge in [0.15, 0.2) is 12.7 Å². The molecule has 0 saturated carbocycles. The molecule has 2 nitrogen and oxygen atoms in total. The fourth-order valence-corrected chi connectivity index (χ4v) is 6.36. The largest absolute Gasteiger partial charge is 0.390 e. The van der Waals surface area contributed by atoms with Crippen LogP contribution >= 0.6 is 0 Å². The Morgan fingerprint density at radius 3 is 1.78 bits per heavy atom. The molecule has 50 heavy (non-hydrogen) atoms. The van der Waals surface area contributed by atoms with Crippen molar-refractivity contribution in [2.75, 3.05) is 6.61 Å². The van der Waals surface area contributed by atoms with E-state index in [2.05, 4.69) is 155 Å². The summed E-state index contributed by atoms with van der Waals surface area (Å²) in [6, 6.07) is 4.10. The summed E-state index contributed by atoms with van der Waals surface area (Å²) < 4.78 is 2.05. The SMILES string of the molecule is C/C=C(C)/C=C/C1=C(C)CCCC1(C)C.C=Cc1cc[n+](CCO)c(/C=C(C)/C=C/C=C(C)/C=C/C2=C(C)CCCC2(C)C)c1.CC.CCC. The molecule has 0 saturated heterocycles. The van der Waals surface area contributed by atoms with Crippen molar-refractivity contribution in [1.82, 2.24) is 0 Å². The zero-order valence-electron chi connectivity index (χ0n) is 35.0. The van der Waals surface area contributed by atoms with E-state index >= 15 is 0 Å². The highest BCUT2D eigenvalue weighted by Crippen LogP contribution is 2.41. The van der Waals surface area contributed by atoms with Gasteiger partial charge in [0, 0.05) is 18.2 Å². The van der Waals surface area contributed by atoms with Crippen LogP contribution in [0.25, 0.3) is 12.2 Å². The van der Waals surface area contributed by atoms with Gasteiger partial charge in [-0.1, -0.05) is 145 Å². The third kappa shape index (κ3) is 17.1. The molecule has 2 aliphatic rings. The van der Waals surface area contributed by atoms with Crippen molar-refractivity contribution in [2.45, 2.75) is 148 Å². The van der Waals surface area contributed by atoms with Crippen LogP contribution in [0.15, 0.2) is 113 Å². The summed E-state index contributed by atoms with van der Waals surface area (Å²) in [4.78, 5) is 0. The topological polar surface area (TPSA) is 24.1 Å². The molecule has 0 aromatic carbocycles. The van der Waals surface area contributed by atoms with Gasteiger partial charge in [-0.3, -0.25) is 0 Å². The van der Waals surface area contributed by atoms with Gasteiger partial charge in [-0.2, -0.15) is 4.57 Å². The fraction of sp³-hybridized carbons (Fsp3) is 0.521. The normalized spacial score (nSPS) is 18.0. The molecule has 0 aliphatic heterocycles. The second-order valence-corrected chi connectivity index (χ2v) is 14.9. The molecule has 0 spiro atoms. The summed E-state index contributed by atoms with van der Waals surface area (Å²) >= 11 is 0. The van der Waals surface area contributed by atoms with Gasteiger partial charge in [-0.25, -0.2) is 0 Å². The van der Waals surface area contributed by atoms with E-state index in [1.165, 1.54) is 67.2 Å². The smallest absolute Gasteiger partial charge is 0.206 e. The lowest BCUT2D eigenvalue weighted by Crippen LogP contribution is -2.38. The van der Waals surface area contributed by atoms with E-state index in [9.17, 15) is 5.11 Å². The Kier molecular flexibility index (Phi) is 23.2. The summed E-state index contributed by atoms with van der Waals surface area (Å²) in [5.41, 5.74) is 12.7. The van der Waals surface area contributed by atoms with Gasteiger partial charge < -0.3 is 5.11 Å². The summed E-state index contributed by atoms with van der Waals surface area (Å²) in [5.74, 6) is 0. The molecule has 1 N–H and O–H groups in total. The van der Waals surface area contributed by atoms with Crippen LogP contribution in [0.4, 0.5) is 0 Å². The first-order valence-corrected chi connectivity index (χ1v) is 19.3. The Morgan fingerprint density at radius 1 is 0.840 bits per heavy atom. The number of rotatable bonds is 10. The van der Waals surface area contributed by atoms with E-state index < -0.39 is 0 Å². The standard InChI is InChI=1S/C28H38NO.C15H24.C3H8.C2H6/c1-7-25-15-17-29(18-19-30)26(21-25)20-23(3)11-8-10-22(2)13-14-27-24(4)12-9-16-28(27,5)6;1-6-12(2)9-10-14-13(3)8-7-11-15(14,4)5;1-3-2;1-2/h7-8,10-11,13-15,17,20-21,30H,1,9,12,16,18-19H2,2-6H3;6,9-10H,7-8,11H2,1-5H3;3H2,1-2H3;1-2H3/q+1;;;/b11-8+,14-13+,22-10+,23-20+;10-9+,12-6+;;. The molecule has 0 radical (unpaired) electrons. The van der Waals surface area contributed by atoms with Crippen molar-refractivity contribution in [3.05, 3.63) is 124 Å². The number of aliphatic hydroxyl groups is 1. The van der Waals surface area contributed by atoms with E-state index in [1.54, 1.807) is 11.1 Å². The Morgan fingerprint density at radius 2 is 1.34 bits per heavy atom. The summed E-state index contributed by atoms with van der Waals surface area (Å²) in [6.45, 7) is 35.3. The van der Waals surface area contributed by atoms with Crippen LogP contribution in [-0.2, 0) is 6.54 Å². The monoisotopic (exact) mass is 683 g/mol. The lowest BCUT2D eigenvalue weighted by Gasteiger charge is -2.33. The van der Waals surface area contributed by atoms with E-state index in [1.807, 2.05) is 32.2 Å². The average molecular weight is 683 g/mol. The quantitative estimate of drug-likeness (QED) is 0.193. The van der Waals surface area contributed by atoms with Crippen LogP contribution < -0.4 is 4.57 Å². The molecule has 0 fully saturated rings. The van der Waals surface area contributed by atoms with Crippen LogP contribution in [0, 0.1) is 10.8 Å². The van der Waals surface area contributed by atoms with Crippen LogP contribution in [0.5, 0.6) is 0 Å². The van der Waals surface area contributed by atoms with E-state index in [0.29, 0.717) is 12.0 Å². The maximum atomic E-state index is 9.31. The Labute approximate surface area is 310 Å². The number of nitrogens with zero attached hydrogens (tertiary/aromatic N) is 1. The molecule has 0 amide bonds. The van der Waals surface area contributed by atoms with Gasteiger partial charge >= 0.3 is 0 Å². The molecule has 278 valence electrons. The molecule has 2 aliphatic carbocycles. The minimum atomic E-state index is 0.120. The lowest BCUT2D eigenvalue weighted by molar-refractivity contribution is -0.699. The Hall–Kier alpha value is -3.23. The van der Waals surface area contributed by atoms with Gasteiger partial charge in [0.05, 0.1) is 0 Å². The molecule has 0 bridgehead atoms. The third-order valence-electron chi connectivity index (χ3n) is 9.33. The third-order valence-corrected chi connectivity index (χ3v) is 9.33. The Bertz CT molecular complexity index is 1430. The molecule has 2 heteroatoms. The molecular formula is C48H76NO+. The van der Waals surface area contributed by atoms with Crippen LogP contribution in [0.1, 0.15) is 153 Å². The van der Waals surface area contributed by atoms with Gasteiger partial charge in [0.1, 0.15) is 6.61 Å². The molecule has 0 unspecified atom stereocenters. The molecule has 1 aromatic heterocycles. The zero-order chi connectivity index (χ0) is 38.3. The number of aliphatic hydroxyl groups excluding tert-OH is 1. The number of allylic oxidation sites excluding steroid dienone is 15. The predicted octanol–water partition coefficient (Wildman–Crippen LogP) is 14.1. The number of pyridine rings is 1. The highest BCUT2D eigenvalue weighted by atomic mass is 16.3. The van der Waals surface area contributed by atoms with Crippen molar-refractivity contribution in [3.8, 4) is 0 Å². The highest BCUT2D eigenvalue weighted by molar-refractivity contribution is 5.55. The van der Waals surface area contributed by atoms with Gasteiger partial charge in [-0.05, 0) is 113 Å². The van der Waals surface area contributed by atoms with Crippen molar-refractivity contribution in [3.63, 3.8) is 0 Å². The van der Waals surface area contributed by atoms with Crippen molar-refractivity contribution in [1.29, 1.82) is 0 Å². The zero-order valence-corrected chi connectivity index (χ0v) is 35.0. The van der Waals surface area contributed by atoms with E-state index in [4.69, 9.17) is 0 Å². The molecule has 1 heterocycles. The van der Waals surface area contributed by atoms with Crippen molar-refractivity contribution < 1.29 is 9.67 Å². The minimum absolute atomic E-state index is 0.120. The summed E-state index contributed by atoms with van der Waals surface area (Å²) in [5, 5.41) is 9.31. The first-order chi connectivity index (χ1) is 23.6.